The molecular weight excluding hydrogens is 226 g/mol. The summed E-state index contributed by atoms with van der Waals surface area (Å²) in [4.78, 5) is 0. The van der Waals surface area contributed by atoms with Crippen molar-refractivity contribution in [3.05, 3.63) is 0 Å². The van der Waals surface area contributed by atoms with E-state index in [-0.39, 0.29) is 0 Å². The Hall–Kier alpha value is -0.120. The van der Waals surface area contributed by atoms with Gasteiger partial charge in [-0.3, -0.25) is 0 Å². The van der Waals surface area contributed by atoms with Crippen LogP contribution in [-0.4, -0.2) is 39.5 Å². The topological polar surface area (TPSA) is 30.5 Å². The van der Waals surface area contributed by atoms with Crippen molar-refractivity contribution in [3.8, 4) is 0 Å². The number of rotatable bonds is 9. The van der Waals surface area contributed by atoms with Crippen LogP contribution in [0.25, 0.3) is 0 Å². The molecule has 0 aromatic rings. The third-order valence-electron chi connectivity index (χ3n) is 3.98. The molecule has 0 bridgehead atoms. The van der Waals surface area contributed by atoms with Crippen molar-refractivity contribution >= 4 is 0 Å². The molecule has 0 saturated heterocycles. The highest BCUT2D eigenvalue weighted by Crippen LogP contribution is 2.31. The molecule has 0 radical (unpaired) electrons. The fraction of sp³-hybridized carbons (Fsp3) is 1.00. The minimum atomic E-state index is 0.716. The van der Waals surface area contributed by atoms with Crippen molar-refractivity contribution in [2.24, 2.45) is 11.8 Å². The van der Waals surface area contributed by atoms with E-state index in [0.29, 0.717) is 6.04 Å². The average molecular weight is 257 g/mol. The summed E-state index contributed by atoms with van der Waals surface area (Å²) in [5.41, 5.74) is 0. The Balaban J connectivity index is 2.15. The zero-order chi connectivity index (χ0) is 13.2. The van der Waals surface area contributed by atoms with Crippen molar-refractivity contribution in [1.82, 2.24) is 5.32 Å². The number of hydrogen-bond donors (Lipinski definition) is 1. The summed E-state index contributed by atoms with van der Waals surface area (Å²) in [5, 5.41) is 3.64. The van der Waals surface area contributed by atoms with E-state index in [0.717, 1.165) is 44.6 Å². The summed E-state index contributed by atoms with van der Waals surface area (Å²) < 4.78 is 10.7. The molecule has 3 atom stereocenters. The van der Waals surface area contributed by atoms with Crippen LogP contribution in [0.15, 0.2) is 0 Å². The summed E-state index contributed by atoms with van der Waals surface area (Å²) in [6, 6.07) is 0.716. The van der Waals surface area contributed by atoms with Gasteiger partial charge in [0.15, 0.2) is 0 Å². The maximum absolute atomic E-state index is 5.69. The largest absolute Gasteiger partial charge is 0.385 e. The van der Waals surface area contributed by atoms with Gasteiger partial charge in [0.2, 0.25) is 0 Å². The van der Waals surface area contributed by atoms with Gasteiger partial charge in [0.05, 0.1) is 0 Å². The van der Waals surface area contributed by atoms with Crippen molar-refractivity contribution in [2.75, 3.05) is 33.5 Å². The fourth-order valence-corrected chi connectivity index (χ4v) is 2.99. The van der Waals surface area contributed by atoms with Crippen molar-refractivity contribution in [3.63, 3.8) is 0 Å². The lowest BCUT2D eigenvalue weighted by Crippen LogP contribution is -2.40. The van der Waals surface area contributed by atoms with Crippen molar-refractivity contribution in [1.29, 1.82) is 0 Å². The first-order valence-corrected chi connectivity index (χ1v) is 7.58. The fourth-order valence-electron chi connectivity index (χ4n) is 2.99. The Morgan fingerprint density at radius 2 is 2.00 bits per heavy atom. The van der Waals surface area contributed by atoms with E-state index < -0.39 is 0 Å². The van der Waals surface area contributed by atoms with E-state index in [9.17, 15) is 0 Å². The van der Waals surface area contributed by atoms with Crippen LogP contribution in [0.4, 0.5) is 0 Å². The van der Waals surface area contributed by atoms with Gasteiger partial charge in [-0.15, -0.1) is 0 Å². The van der Waals surface area contributed by atoms with Crippen LogP contribution in [-0.2, 0) is 9.47 Å². The normalized spacial score (nSPS) is 28.5. The molecule has 1 aliphatic carbocycles. The van der Waals surface area contributed by atoms with E-state index in [4.69, 9.17) is 9.47 Å². The molecule has 1 rings (SSSR count). The lowest BCUT2D eigenvalue weighted by atomic mass is 9.77. The number of ether oxygens (including phenoxy) is 2. The highest BCUT2D eigenvalue weighted by atomic mass is 16.5. The van der Waals surface area contributed by atoms with Crippen molar-refractivity contribution < 1.29 is 9.47 Å². The van der Waals surface area contributed by atoms with Gasteiger partial charge in [0, 0.05) is 33.0 Å². The second-order valence-corrected chi connectivity index (χ2v) is 5.59. The summed E-state index contributed by atoms with van der Waals surface area (Å²) in [5.74, 6) is 1.69. The molecule has 18 heavy (non-hydrogen) atoms. The molecule has 108 valence electrons. The monoisotopic (exact) mass is 257 g/mol. The molecule has 0 aromatic carbocycles. The first-order valence-electron chi connectivity index (χ1n) is 7.58. The van der Waals surface area contributed by atoms with Gasteiger partial charge in [-0.05, 0) is 50.5 Å². The second-order valence-electron chi connectivity index (χ2n) is 5.59. The van der Waals surface area contributed by atoms with Crippen molar-refractivity contribution in [2.45, 2.75) is 52.0 Å². The van der Waals surface area contributed by atoms with Crippen LogP contribution in [0.2, 0.25) is 0 Å². The number of hydrogen-bond acceptors (Lipinski definition) is 3. The molecule has 0 aromatic heterocycles. The zero-order valence-corrected chi connectivity index (χ0v) is 12.4. The molecule has 0 heterocycles. The Bertz CT molecular complexity index is 199. The van der Waals surface area contributed by atoms with E-state index in [2.05, 4.69) is 19.2 Å². The first kappa shape index (κ1) is 15.9. The van der Waals surface area contributed by atoms with Crippen LogP contribution >= 0.6 is 0 Å². The molecule has 1 fully saturated rings. The van der Waals surface area contributed by atoms with Gasteiger partial charge in [-0.2, -0.15) is 0 Å². The van der Waals surface area contributed by atoms with E-state index in [1.807, 2.05) is 0 Å². The molecule has 3 nitrogen and oxygen atoms in total. The first-order chi connectivity index (χ1) is 8.77. The van der Waals surface area contributed by atoms with E-state index >= 15 is 0 Å². The maximum atomic E-state index is 5.69. The highest BCUT2D eigenvalue weighted by Gasteiger charge is 2.27. The predicted molar refractivity (Wildman–Crippen MR) is 75.9 cm³/mol. The highest BCUT2D eigenvalue weighted by molar-refractivity contribution is 4.83. The van der Waals surface area contributed by atoms with Gasteiger partial charge in [-0.25, -0.2) is 0 Å². The SMILES string of the molecule is CCNC1CCC(C)CC1CCOCCCOC. The number of nitrogens with one attached hydrogen (secondary N) is 1. The summed E-state index contributed by atoms with van der Waals surface area (Å²) in [7, 11) is 1.74. The zero-order valence-electron chi connectivity index (χ0n) is 12.4. The maximum Gasteiger partial charge on any atom is 0.0487 e. The Kier molecular flexibility index (Phi) is 8.64. The number of methoxy groups -OCH3 is 1. The minimum absolute atomic E-state index is 0.716. The van der Waals surface area contributed by atoms with Gasteiger partial charge in [-0.1, -0.05) is 13.8 Å². The van der Waals surface area contributed by atoms with Gasteiger partial charge < -0.3 is 14.8 Å². The molecule has 3 unspecified atom stereocenters. The van der Waals surface area contributed by atoms with E-state index in [1.54, 1.807) is 7.11 Å². The Labute approximate surface area is 113 Å². The summed E-state index contributed by atoms with van der Waals surface area (Å²) >= 11 is 0. The molecule has 0 aliphatic heterocycles. The van der Waals surface area contributed by atoms with Crippen LogP contribution < -0.4 is 5.32 Å². The summed E-state index contributed by atoms with van der Waals surface area (Å²) in [6.07, 6.45) is 6.29. The van der Waals surface area contributed by atoms with Crippen LogP contribution in [0.5, 0.6) is 0 Å². The average Bonchev–Trinajstić information content (AvgIpc) is 2.37. The van der Waals surface area contributed by atoms with Crippen LogP contribution in [0, 0.1) is 11.8 Å². The lowest BCUT2D eigenvalue weighted by molar-refractivity contribution is 0.0806. The molecule has 1 aliphatic rings. The smallest absolute Gasteiger partial charge is 0.0487 e. The molecule has 0 amide bonds. The molecule has 0 spiro atoms. The van der Waals surface area contributed by atoms with Crippen LogP contribution in [0.3, 0.4) is 0 Å². The third-order valence-corrected chi connectivity index (χ3v) is 3.98. The van der Waals surface area contributed by atoms with Crippen LogP contribution in [0.1, 0.15) is 46.0 Å². The molecule has 1 N–H and O–H groups in total. The van der Waals surface area contributed by atoms with Gasteiger partial charge >= 0.3 is 0 Å². The van der Waals surface area contributed by atoms with E-state index in [1.165, 1.54) is 25.7 Å². The Morgan fingerprint density at radius 3 is 2.72 bits per heavy atom. The summed E-state index contributed by atoms with van der Waals surface area (Å²) in [6.45, 7) is 8.22. The second kappa shape index (κ2) is 9.76. The van der Waals surface area contributed by atoms with Gasteiger partial charge in [0.25, 0.3) is 0 Å². The standard InChI is InChI=1S/C15H31NO2/c1-4-16-15-7-6-13(2)12-14(15)8-11-18-10-5-9-17-3/h13-16H,4-12H2,1-3H3. The van der Waals surface area contributed by atoms with Gasteiger partial charge in [0.1, 0.15) is 0 Å². The minimum Gasteiger partial charge on any atom is -0.385 e. The lowest BCUT2D eigenvalue weighted by Gasteiger charge is -2.35. The Morgan fingerprint density at radius 1 is 1.17 bits per heavy atom. The predicted octanol–water partition coefficient (Wildman–Crippen LogP) is 2.84. The molecular formula is C15H31NO2. The third kappa shape index (κ3) is 6.17. The molecule has 1 saturated carbocycles. The quantitative estimate of drug-likeness (QED) is 0.644. The molecule has 3 heteroatoms.